The van der Waals surface area contributed by atoms with Crippen molar-refractivity contribution in [3.63, 3.8) is 0 Å². The molecule has 0 radical (unpaired) electrons. The number of ether oxygens (including phenoxy) is 6. The Bertz CT molecular complexity index is 3050. The number of phosphoric ester groups is 3. The van der Waals surface area contributed by atoms with E-state index in [4.69, 9.17) is 55.6 Å². The molecule has 3 amide bonds. The maximum atomic E-state index is 14.1. The van der Waals surface area contributed by atoms with Crippen molar-refractivity contribution < 1.29 is 164 Å². The summed E-state index contributed by atoms with van der Waals surface area (Å²) in [5, 5.41) is 100. The van der Waals surface area contributed by atoms with Gasteiger partial charge in [-0.3, -0.25) is 55.9 Å². The van der Waals surface area contributed by atoms with Crippen molar-refractivity contribution in [1.29, 1.82) is 0 Å². The molecule has 18 unspecified atom stereocenters. The van der Waals surface area contributed by atoms with E-state index in [2.05, 4.69) is 0 Å². The number of hydrogen-bond donors (Lipinski definition) is 13. The number of ketones is 3. The number of rotatable bonds is 57. The van der Waals surface area contributed by atoms with E-state index < -0.39 is 209 Å². The van der Waals surface area contributed by atoms with Crippen LogP contribution in [0.25, 0.3) is 0 Å². The second-order valence-corrected chi connectivity index (χ2v) is 36.1. The van der Waals surface area contributed by atoms with Gasteiger partial charge in [0.2, 0.25) is 17.7 Å². The number of phosphoric acid groups is 3. The number of hydrogen-bond acceptors (Lipinski definition) is 31. The molecule has 0 aliphatic carbocycles. The maximum Gasteiger partial charge on any atom is 0.472 e. The van der Waals surface area contributed by atoms with Gasteiger partial charge in [-0.25, -0.2) is 13.7 Å². The molecular weight excluding hydrogens is 1580 g/mol. The Balaban J connectivity index is 0.965. The SMILES string of the molecule is CC(C)OP(=O)(O)OC[C@@H]1C[C@@H](OP(=O)(O)OC[C@@H]2C[C@@H](OP(=O)(O)OC[C@@H]3C[C@@H](O)CN3C(=O)CCCCCCC(=O)CCCCOC3OC(CO)C(O)C(O)C3C)CN2C(=O)CCCCCCC(=O)CCCCOC2OC(CO)C(O)C(O)C2C)CN1C(=O)CCCCCCC(=O)CCCCOC1OC(CO)C(O)C(O)C1C. The number of unbranched alkanes of at least 4 members (excludes halogenated alkanes) is 12. The molecule has 0 saturated carbocycles. The summed E-state index contributed by atoms with van der Waals surface area (Å²) in [5.41, 5.74) is 0. The Kier molecular flexibility index (Phi) is 45.0. The lowest BCUT2D eigenvalue weighted by Crippen LogP contribution is -2.55. The Morgan fingerprint density at radius 2 is 0.643 bits per heavy atom. The van der Waals surface area contributed by atoms with Gasteiger partial charge in [0.25, 0.3) is 0 Å². The lowest BCUT2D eigenvalue weighted by molar-refractivity contribution is -0.282. The van der Waals surface area contributed by atoms with Crippen LogP contribution in [0, 0.1) is 17.8 Å². The third-order valence-corrected chi connectivity index (χ3v) is 25.3. The topological polar surface area (TPSA) is 537 Å². The van der Waals surface area contributed by atoms with Crippen LogP contribution in [0.2, 0.25) is 0 Å². The van der Waals surface area contributed by atoms with Crippen LogP contribution in [0.1, 0.15) is 227 Å². The van der Waals surface area contributed by atoms with Crippen LogP contribution in [0.4, 0.5) is 0 Å². The first-order chi connectivity index (χ1) is 54.6. The minimum atomic E-state index is -5.10. The van der Waals surface area contributed by atoms with Gasteiger partial charge in [0.05, 0.1) is 100 Å². The molecule has 0 aromatic carbocycles. The molecule has 24 atom stereocenters. The molecule has 13 N–H and O–H groups in total. The predicted molar refractivity (Wildman–Crippen MR) is 408 cm³/mol. The summed E-state index contributed by atoms with van der Waals surface area (Å²) in [7, 11) is -14.7. The van der Waals surface area contributed by atoms with Gasteiger partial charge in [0, 0.05) is 115 Å². The van der Waals surface area contributed by atoms with Crippen LogP contribution in [-0.2, 0) is 98.0 Å². The highest BCUT2D eigenvalue weighted by Crippen LogP contribution is 2.51. The Morgan fingerprint density at radius 3 is 0.939 bits per heavy atom. The van der Waals surface area contributed by atoms with Crippen molar-refractivity contribution in [3.05, 3.63) is 0 Å². The van der Waals surface area contributed by atoms with Crippen LogP contribution in [0.15, 0.2) is 0 Å². The van der Waals surface area contributed by atoms with Crippen molar-refractivity contribution in [1.82, 2.24) is 14.7 Å². The number of aliphatic hydroxyl groups excluding tert-OH is 10. The molecule has 6 aliphatic heterocycles. The maximum absolute atomic E-state index is 14.1. The van der Waals surface area contributed by atoms with E-state index in [1.165, 1.54) is 28.5 Å². The number of likely N-dealkylation sites (tertiary alicyclic amines) is 3. The predicted octanol–water partition coefficient (Wildman–Crippen LogP) is 4.21. The van der Waals surface area contributed by atoms with Crippen molar-refractivity contribution >= 4 is 58.5 Å². The number of aliphatic hydroxyl groups is 10. The number of Topliss-reactive ketones (excluding diaryl/α,β-unsaturated/α-hetero) is 3. The first-order valence-electron chi connectivity index (χ1n) is 41.4. The normalized spacial score (nSPS) is 31.5. The molecular formula is C75H134N3O34P3. The summed E-state index contributed by atoms with van der Waals surface area (Å²) in [6.07, 6.45) is -5.24. The third-order valence-electron chi connectivity index (χ3n) is 22.1. The lowest BCUT2D eigenvalue weighted by Gasteiger charge is -2.40. The van der Waals surface area contributed by atoms with Gasteiger partial charge in [-0.15, -0.1) is 0 Å². The lowest BCUT2D eigenvalue weighted by atomic mass is 9.92. The van der Waals surface area contributed by atoms with Crippen LogP contribution < -0.4 is 0 Å². The molecule has 37 nitrogen and oxygen atoms in total. The Hall–Kier alpha value is -2.89. The number of carbonyl (C=O) groups is 6. The minimum Gasteiger partial charge on any atom is -0.394 e. The quantitative estimate of drug-likeness (QED) is 0.0299. The highest BCUT2D eigenvalue weighted by molar-refractivity contribution is 7.48. The second kappa shape index (κ2) is 51.3. The average Bonchev–Trinajstić information content (AvgIpc) is 1.80. The van der Waals surface area contributed by atoms with Gasteiger partial charge in [0.15, 0.2) is 18.9 Å². The third kappa shape index (κ3) is 34.7. The number of carbonyl (C=O) groups excluding carboxylic acids is 6. The first-order valence-corrected chi connectivity index (χ1v) is 45.9. The van der Waals surface area contributed by atoms with E-state index in [1.807, 2.05) is 0 Å². The van der Waals surface area contributed by atoms with Crippen molar-refractivity contribution in [2.45, 2.75) is 344 Å². The fraction of sp³-hybridized carbons (Fsp3) is 0.920. The van der Waals surface area contributed by atoms with Crippen LogP contribution in [-0.4, -0.2) is 311 Å². The fourth-order valence-electron chi connectivity index (χ4n) is 15.2. The molecule has 668 valence electrons. The van der Waals surface area contributed by atoms with E-state index in [-0.39, 0.29) is 101 Å². The number of nitrogens with zero attached hydrogens (tertiary/aromatic N) is 3. The van der Waals surface area contributed by atoms with Gasteiger partial charge in [-0.1, -0.05) is 59.3 Å². The monoisotopic (exact) mass is 1710 g/mol. The molecule has 6 saturated heterocycles. The Morgan fingerprint density at radius 1 is 0.374 bits per heavy atom. The zero-order valence-electron chi connectivity index (χ0n) is 67.5. The molecule has 6 heterocycles. The summed E-state index contributed by atoms with van der Waals surface area (Å²) in [4.78, 5) is 117. The van der Waals surface area contributed by atoms with Crippen LogP contribution in [0.3, 0.4) is 0 Å². The van der Waals surface area contributed by atoms with Gasteiger partial charge in [-0.2, -0.15) is 0 Å². The summed E-state index contributed by atoms with van der Waals surface area (Å²) in [5.74, 6) is -2.66. The van der Waals surface area contributed by atoms with Gasteiger partial charge < -0.3 is 109 Å². The highest BCUT2D eigenvalue weighted by Gasteiger charge is 2.48. The molecule has 0 aromatic heterocycles. The van der Waals surface area contributed by atoms with E-state index in [0.717, 1.165) is 0 Å². The number of β-amino-alcohol motifs (C(OH)–C–C–N with tert-alkyl or cyclic N) is 1. The molecule has 115 heavy (non-hydrogen) atoms. The molecule has 6 aliphatic rings. The molecule has 0 spiro atoms. The standard InChI is InChI=1S/C75H134N3O34P3/c1-48(2)110-113(95,96)104-46-53-37-59(40-77(53)65(87)31-16-10-7-13-25-56(83)28-19-22-34-102-74-50(4)68(90)71(93)62(43-80)108-74)112-115(99,100)106-47-54-38-60(41-78(54)66(88)32-17-11-8-14-26-57(84)29-20-23-35-103-75-51(5)69(91)72(94)63(44-81)109-75)111-114(97,98)105-45-52-36-58(85)39-76(52)64(86)30-15-9-6-12-24-55(82)27-18-21-33-101-73-49(3)67(89)70(92)61(42-79)107-73/h48-54,58-63,67-75,79-81,85,89-94H,6-47H2,1-5H3,(H,95,96)(H,97,98)(H,99,100)/t49?,50?,51?,52-,53-,54-,58+,59+,60+,61?,62?,63?,67?,68?,69?,70?,71?,72?,73?,74?,75?/m0/s1. The van der Waals surface area contributed by atoms with E-state index >= 15 is 0 Å². The van der Waals surface area contributed by atoms with Gasteiger partial charge in [0.1, 0.15) is 54.0 Å². The average molecular weight is 1710 g/mol. The highest BCUT2D eigenvalue weighted by atomic mass is 31.2. The summed E-state index contributed by atoms with van der Waals surface area (Å²) >= 11 is 0. The van der Waals surface area contributed by atoms with E-state index in [9.17, 15) is 108 Å². The van der Waals surface area contributed by atoms with Gasteiger partial charge in [-0.05, 0) is 110 Å². The first kappa shape index (κ1) is 101. The minimum absolute atomic E-state index is 0.00143. The summed E-state index contributed by atoms with van der Waals surface area (Å²) in [6, 6.07) is -2.80. The number of amides is 3. The largest absolute Gasteiger partial charge is 0.472 e. The zero-order chi connectivity index (χ0) is 84.6. The van der Waals surface area contributed by atoms with Crippen LogP contribution >= 0.6 is 23.5 Å². The van der Waals surface area contributed by atoms with Gasteiger partial charge >= 0.3 is 23.5 Å². The summed E-state index contributed by atoms with van der Waals surface area (Å²) in [6.45, 7) is 4.98. The fourth-order valence-corrected chi connectivity index (χ4v) is 18.1. The summed E-state index contributed by atoms with van der Waals surface area (Å²) < 4.78 is 107. The van der Waals surface area contributed by atoms with Crippen molar-refractivity contribution in [3.8, 4) is 0 Å². The molecule has 40 heteroatoms. The second-order valence-electron chi connectivity index (χ2n) is 31.9. The molecule has 0 bridgehead atoms. The van der Waals surface area contributed by atoms with Crippen LogP contribution in [0.5, 0.6) is 0 Å². The van der Waals surface area contributed by atoms with E-state index in [0.29, 0.717) is 154 Å². The molecule has 6 rings (SSSR count). The molecule has 6 fully saturated rings. The Labute approximate surface area is 674 Å². The van der Waals surface area contributed by atoms with Crippen molar-refractivity contribution in [2.75, 3.05) is 79.1 Å². The van der Waals surface area contributed by atoms with E-state index in [1.54, 1.807) is 20.8 Å². The molecule has 0 aromatic rings. The zero-order valence-corrected chi connectivity index (χ0v) is 70.2. The van der Waals surface area contributed by atoms with Crippen molar-refractivity contribution in [2.24, 2.45) is 17.8 Å². The smallest absolute Gasteiger partial charge is 0.394 e.